The fourth-order valence-electron chi connectivity index (χ4n) is 3.15. The van der Waals surface area contributed by atoms with Crippen molar-refractivity contribution in [3.63, 3.8) is 0 Å². The van der Waals surface area contributed by atoms with E-state index in [1.165, 1.54) is 37.1 Å². The summed E-state index contributed by atoms with van der Waals surface area (Å²) in [6.07, 6.45) is 3.46. The number of piperidine rings is 1. The molecule has 1 fully saturated rings. The molecule has 4 nitrogen and oxygen atoms in total. The third-order valence-electron chi connectivity index (χ3n) is 4.63. The number of halogens is 1. The van der Waals surface area contributed by atoms with Crippen LogP contribution in [0.2, 0.25) is 0 Å². The predicted molar refractivity (Wildman–Crippen MR) is 102 cm³/mol. The van der Waals surface area contributed by atoms with Crippen LogP contribution in [0.1, 0.15) is 32.6 Å². The van der Waals surface area contributed by atoms with Gasteiger partial charge in [0.15, 0.2) is 17.7 Å². The number of rotatable bonds is 6. The molecule has 138 valence electrons. The third-order valence-corrected chi connectivity index (χ3v) is 4.63. The molecule has 0 bridgehead atoms. The number of nitrogens with zero attached hydrogens (tertiary/aromatic N) is 1. The van der Waals surface area contributed by atoms with Gasteiger partial charge in [0.2, 0.25) is 0 Å². The first-order valence-electron chi connectivity index (χ1n) is 9.24. The number of hydrogen-bond donors (Lipinski definition) is 1. The van der Waals surface area contributed by atoms with Crippen molar-refractivity contribution in [3.05, 3.63) is 54.3 Å². The number of para-hydroxylation sites is 1. The van der Waals surface area contributed by atoms with Crippen molar-refractivity contribution in [2.24, 2.45) is 0 Å². The fourth-order valence-corrected chi connectivity index (χ4v) is 3.15. The SMILES string of the molecule is CC[C@@H](Oc1ccccc1F)C(=O)Nc1ccc(N2CCCCC2)cc1. The van der Waals surface area contributed by atoms with Crippen LogP contribution in [0, 0.1) is 5.82 Å². The first-order chi connectivity index (χ1) is 12.7. The Bertz CT molecular complexity index is 727. The van der Waals surface area contributed by atoms with E-state index in [0.717, 1.165) is 13.1 Å². The molecule has 1 heterocycles. The first kappa shape index (κ1) is 18.2. The average molecular weight is 356 g/mol. The van der Waals surface area contributed by atoms with Gasteiger partial charge in [0.05, 0.1) is 0 Å². The monoisotopic (exact) mass is 356 g/mol. The van der Waals surface area contributed by atoms with E-state index < -0.39 is 11.9 Å². The predicted octanol–water partition coefficient (Wildman–Crippen LogP) is 4.61. The van der Waals surface area contributed by atoms with E-state index >= 15 is 0 Å². The minimum atomic E-state index is -0.742. The van der Waals surface area contributed by atoms with Crippen LogP contribution >= 0.6 is 0 Å². The molecule has 1 N–H and O–H groups in total. The van der Waals surface area contributed by atoms with Crippen LogP contribution in [0.3, 0.4) is 0 Å². The Morgan fingerprint density at radius 1 is 1.12 bits per heavy atom. The van der Waals surface area contributed by atoms with Gasteiger partial charge in [-0.25, -0.2) is 4.39 Å². The molecular formula is C21H25FN2O2. The summed E-state index contributed by atoms with van der Waals surface area (Å²) < 4.78 is 19.3. The molecule has 1 atom stereocenters. The lowest BCUT2D eigenvalue weighted by molar-refractivity contribution is -0.122. The number of hydrogen-bond acceptors (Lipinski definition) is 3. The highest BCUT2D eigenvalue weighted by atomic mass is 19.1. The molecular weight excluding hydrogens is 331 g/mol. The summed E-state index contributed by atoms with van der Waals surface area (Å²) in [7, 11) is 0. The van der Waals surface area contributed by atoms with Gasteiger partial charge in [-0.05, 0) is 62.1 Å². The number of amides is 1. The largest absolute Gasteiger partial charge is 0.478 e. The van der Waals surface area contributed by atoms with E-state index in [1.807, 2.05) is 31.2 Å². The van der Waals surface area contributed by atoms with Crippen molar-refractivity contribution < 1.29 is 13.9 Å². The van der Waals surface area contributed by atoms with Gasteiger partial charge in [-0.2, -0.15) is 0 Å². The quantitative estimate of drug-likeness (QED) is 0.822. The third kappa shape index (κ3) is 4.54. The van der Waals surface area contributed by atoms with Crippen LogP contribution in [0.25, 0.3) is 0 Å². The highest BCUT2D eigenvalue weighted by molar-refractivity contribution is 5.94. The van der Waals surface area contributed by atoms with E-state index in [2.05, 4.69) is 10.2 Å². The molecule has 0 saturated carbocycles. The van der Waals surface area contributed by atoms with Gasteiger partial charge < -0.3 is 15.0 Å². The number of ether oxygens (including phenoxy) is 1. The molecule has 0 spiro atoms. The van der Waals surface area contributed by atoms with E-state index in [1.54, 1.807) is 12.1 Å². The van der Waals surface area contributed by atoms with Gasteiger partial charge in [0.1, 0.15) is 0 Å². The Kier molecular flexibility index (Phi) is 6.10. The lowest BCUT2D eigenvalue weighted by Crippen LogP contribution is -2.32. The van der Waals surface area contributed by atoms with Gasteiger partial charge in [0.25, 0.3) is 5.91 Å². The number of carbonyl (C=O) groups is 1. The smallest absolute Gasteiger partial charge is 0.265 e. The molecule has 5 heteroatoms. The lowest BCUT2D eigenvalue weighted by Gasteiger charge is -2.28. The zero-order valence-corrected chi connectivity index (χ0v) is 15.1. The van der Waals surface area contributed by atoms with E-state index in [4.69, 9.17) is 4.74 Å². The van der Waals surface area contributed by atoms with Gasteiger partial charge >= 0.3 is 0 Å². The number of nitrogens with one attached hydrogen (secondary N) is 1. The Morgan fingerprint density at radius 3 is 2.46 bits per heavy atom. The standard InChI is InChI=1S/C21H25FN2O2/c1-2-19(26-20-9-5-4-8-18(20)22)21(25)23-16-10-12-17(13-11-16)24-14-6-3-7-15-24/h4-5,8-13,19H,2-3,6-7,14-15H2,1H3,(H,23,25)/t19-/m1/s1. The van der Waals surface area contributed by atoms with E-state index in [-0.39, 0.29) is 11.7 Å². The minimum absolute atomic E-state index is 0.0925. The van der Waals surface area contributed by atoms with Gasteiger partial charge in [-0.3, -0.25) is 4.79 Å². The summed E-state index contributed by atoms with van der Waals surface area (Å²) in [6.45, 7) is 4.00. The van der Waals surface area contributed by atoms with Crippen molar-refractivity contribution in [1.82, 2.24) is 0 Å². The molecule has 26 heavy (non-hydrogen) atoms. The number of benzene rings is 2. The van der Waals surface area contributed by atoms with Gasteiger partial charge in [-0.1, -0.05) is 19.1 Å². The summed E-state index contributed by atoms with van der Waals surface area (Å²) >= 11 is 0. The van der Waals surface area contributed by atoms with E-state index in [0.29, 0.717) is 12.1 Å². The molecule has 1 aliphatic heterocycles. The summed E-state index contributed by atoms with van der Waals surface area (Å²) in [5, 5.41) is 2.86. The molecule has 0 radical (unpaired) electrons. The first-order valence-corrected chi connectivity index (χ1v) is 9.24. The zero-order chi connectivity index (χ0) is 18.4. The zero-order valence-electron chi connectivity index (χ0n) is 15.1. The highest BCUT2D eigenvalue weighted by Gasteiger charge is 2.20. The van der Waals surface area contributed by atoms with E-state index in [9.17, 15) is 9.18 Å². The average Bonchev–Trinajstić information content (AvgIpc) is 2.68. The second-order valence-corrected chi connectivity index (χ2v) is 6.53. The number of carbonyl (C=O) groups excluding carboxylic acids is 1. The van der Waals surface area contributed by atoms with Crippen molar-refractivity contribution in [2.45, 2.75) is 38.7 Å². The maximum absolute atomic E-state index is 13.7. The Balaban J connectivity index is 1.61. The second kappa shape index (κ2) is 8.70. The summed E-state index contributed by atoms with van der Waals surface area (Å²) in [4.78, 5) is 14.8. The van der Waals surface area contributed by atoms with Crippen LogP contribution < -0.4 is 15.0 Å². The van der Waals surface area contributed by atoms with Crippen LogP contribution in [-0.4, -0.2) is 25.1 Å². The minimum Gasteiger partial charge on any atom is -0.478 e. The highest BCUT2D eigenvalue weighted by Crippen LogP contribution is 2.23. The van der Waals surface area contributed by atoms with Crippen LogP contribution in [0.15, 0.2) is 48.5 Å². The maximum atomic E-state index is 13.7. The molecule has 0 unspecified atom stereocenters. The maximum Gasteiger partial charge on any atom is 0.265 e. The normalized spacial score (nSPS) is 15.4. The molecule has 2 aromatic rings. The van der Waals surface area contributed by atoms with Crippen molar-refractivity contribution in [2.75, 3.05) is 23.3 Å². The Morgan fingerprint density at radius 2 is 1.81 bits per heavy atom. The molecule has 0 aliphatic carbocycles. The van der Waals surface area contributed by atoms with Crippen LogP contribution in [0.5, 0.6) is 5.75 Å². The molecule has 1 amide bonds. The Labute approximate surface area is 154 Å². The van der Waals surface area contributed by atoms with Crippen molar-refractivity contribution in [3.8, 4) is 5.75 Å². The van der Waals surface area contributed by atoms with Crippen molar-refractivity contribution >= 4 is 17.3 Å². The van der Waals surface area contributed by atoms with Gasteiger partial charge in [0, 0.05) is 24.5 Å². The van der Waals surface area contributed by atoms with Crippen LogP contribution in [-0.2, 0) is 4.79 Å². The van der Waals surface area contributed by atoms with Crippen molar-refractivity contribution in [1.29, 1.82) is 0 Å². The topological polar surface area (TPSA) is 41.6 Å². The lowest BCUT2D eigenvalue weighted by atomic mass is 10.1. The molecule has 1 saturated heterocycles. The Hall–Kier alpha value is -2.56. The molecule has 3 rings (SSSR count). The molecule has 2 aromatic carbocycles. The molecule has 1 aliphatic rings. The summed E-state index contributed by atoms with van der Waals surface area (Å²) in [6, 6.07) is 14.0. The van der Waals surface area contributed by atoms with Crippen LogP contribution in [0.4, 0.5) is 15.8 Å². The fraction of sp³-hybridized carbons (Fsp3) is 0.381. The molecule has 0 aromatic heterocycles. The van der Waals surface area contributed by atoms with Gasteiger partial charge in [-0.15, -0.1) is 0 Å². The number of anilines is 2. The summed E-state index contributed by atoms with van der Waals surface area (Å²) in [5.41, 5.74) is 1.89. The summed E-state index contributed by atoms with van der Waals surface area (Å²) in [5.74, 6) is -0.652. The second-order valence-electron chi connectivity index (χ2n) is 6.53.